The van der Waals surface area contributed by atoms with Gasteiger partial charge in [-0.15, -0.1) is 0 Å². The van der Waals surface area contributed by atoms with Gasteiger partial charge in [-0.2, -0.15) is 5.10 Å². The second kappa shape index (κ2) is 11.8. The molecule has 1 spiro atoms. The van der Waals surface area contributed by atoms with E-state index in [-0.39, 0.29) is 11.7 Å². The second-order valence-corrected chi connectivity index (χ2v) is 10.1. The highest BCUT2D eigenvalue weighted by Gasteiger charge is 2.47. The highest BCUT2D eigenvalue weighted by Crippen LogP contribution is 2.36. The van der Waals surface area contributed by atoms with E-state index in [2.05, 4.69) is 17.2 Å². The van der Waals surface area contributed by atoms with E-state index in [0.29, 0.717) is 18.7 Å². The molecule has 2 fully saturated rings. The number of rotatable bonds is 9. The molecule has 2 aliphatic heterocycles. The summed E-state index contributed by atoms with van der Waals surface area (Å²) in [5.74, 6) is -0.186. The third-order valence-electron chi connectivity index (χ3n) is 7.57. The lowest BCUT2D eigenvalue weighted by molar-refractivity contribution is -0.00102. The topological polar surface area (TPSA) is 97.1 Å². The minimum atomic E-state index is -0.995. The SMILES string of the molecule is C/C=C(\C=C/Cc1nn(-c2ccccc2)cc1CN1CCC2(CC1)CN(c1ccc(C(=O)O)cc1)C(=O)O2)OC. The van der Waals surface area contributed by atoms with Gasteiger partial charge in [-0.05, 0) is 55.5 Å². The number of carboxylic acids is 1. The highest BCUT2D eigenvalue weighted by atomic mass is 16.6. The molecular formula is C31H34N4O5. The number of benzene rings is 2. The number of aromatic nitrogens is 2. The number of carboxylic acid groups (broad SMARTS) is 1. The molecule has 9 heteroatoms. The maximum absolute atomic E-state index is 12.8. The van der Waals surface area contributed by atoms with Crippen LogP contribution in [0.15, 0.2) is 84.8 Å². The van der Waals surface area contributed by atoms with E-state index in [1.54, 1.807) is 24.1 Å². The van der Waals surface area contributed by atoms with Crippen LogP contribution in [0.5, 0.6) is 0 Å². The lowest BCUT2D eigenvalue weighted by atomic mass is 9.91. The number of likely N-dealkylation sites (tertiary alicyclic amines) is 1. The number of hydrogen-bond donors (Lipinski definition) is 1. The zero-order valence-electron chi connectivity index (χ0n) is 22.8. The fourth-order valence-electron chi connectivity index (χ4n) is 5.26. The summed E-state index contributed by atoms with van der Waals surface area (Å²) in [5.41, 5.74) is 3.47. The van der Waals surface area contributed by atoms with Crippen LogP contribution in [-0.4, -0.2) is 64.2 Å². The molecule has 208 valence electrons. The number of carbonyl (C=O) groups excluding carboxylic acids is 1. The lowest BCUT2D eigenvalue weighted by Gasteiger charge is -2.37. The molecule has 1 aromatic heterocycles. The van der Waals surface area contributed by atoms with Gasteiger partial charge in [-0.1, -0.05) is 24.3 Å². The molecule has 2 aliphatic rings. The standard InChI is InChI=1S/C31H34N4O5/c1-3-27(39-2)10-7-11-28-24(21-35(32-28)26-8-5-4-6-9-26)20-33-18-16-31(17-19-33)22-34(30(38)40-31)25-14-12-23(13-15-25)29(36)37/h3-10,12-15,21H,11,16-20,22H2,1-2H3,(H,36,37)/b10-7-,27-3+. The van der Waals surface area contributed by atoms with E-state index in [9.17, 15) is 9.59 Å². The maximum atomic E-state index is 12.8. The van der Waals surface area contributed by atoms with E-state index in [0.717, 1.165) is 55.2 Å². The van der Waals surface area contributed by atoms with Crippen molar-refractivity contribution in [2.45, 2.75) is 38.3 Å². The fourth-order valence-corrected chi connectivity index (χ4v) is 5.26. The number of hydrogen-bond acceptors (Lipinski definition) is 6. The van der Waals surface area contributed by atoms with Crippen LogP contribution >= 0.6 is 0 Å². The summed E-state index contributed by atoms with van der Waals surface area (Å²) in [6.45, 7) is 4.73. The summed E-state index contributed by atoms with van der Waals surface area (Å²) >= 11 is 0. The molecule has 0 saturated carbocycles. The summed E-state index contributed by atoms with van der Waals surface area (Å²) < 4.78 is 13.2. The Morgan fingerprint density at radius 1 is 1.10 bits per heavy atom. The van der Waals surface area contributed by atoms with Crippen LogP contribution in [0.2, 0.25) is 0 Å². The molecule has 5 rings (SSSR count). The van der Waals surface area contributed by atoms with E-state index in [1.165, 1.54) is 12.1 Å². The lowest BCUT2D eigenvalue weighted by Crippen LogP contribution is -2.46. The molecule has 1 amide bonds. The highest BCUT2D eigenvalue weighted by molar-refractivity contribution is 5.92. The molecule has 1 N–H and O–H groups in total. The number of ether oxygens (including phenoxy) is 2. The van der Waals surface area contributed by atoms with Crippen LogP contribution in [-0.2, 0) is 22.4 Å². The van der Waals surface area contributed by atoms with Gasteiger partial charge in [0.05, 0.1) is 30.6 Å². The number of piperidine rings is 1. The number of carbonyl (C=O) groups is 2. The quantitative estimate of drug-likeness (QED) is 0.293. The van der Waals surface area contributed by atoms with E-state index in [1.807, 2.05) is 54.1 Å². The predicted octanol–water partition coefficient (Wildman–Crippen LogP) is 5.21. The number of aromatic carboxylic acids is 1. The van der Waals surface area contributed by atoms with E-state index >= 15 is 0 Å². The number of allylic oxidation sites excluding steroid dienone is 3. The number of para-hydroxylation sites is 1. The largest absolute Gasteiger partial charge is 0.497 e. The third-order valence-corrected chi connectivity index (χ3v) is 7.57. The van der Waals surface area contributed by atoms with Gasteiger partial charge in [0.25, 0.3) is 0 Å². The minimum Gasteiger partial charge on any atom is -0.497 e. The average Bonchev–Trinajstić information content (AvgIpc) is 3.53. The van der Waals surface area contributed by atoms with E-state index in [4.69, 9.17) is 19.7 Å². The zero-order chi connectivity index (χ0) is 28.1. The Balaban J connectivity index is 1.26. The van der Waals surface area contributed by atoms with Crippen LogP contribution in [0.3, 0.4) is 0 Å². The van der Waals surface area contributed by atoms with Crippen LogP contribution in [0.1, 0.15) is 41.4 Å². The van der Waals surface area contributed by atoms with Crippen molar-refractivity contribution in [1.29, 1.82) is 0 Å². The predicted molar refractivity (Wildman–Crippen MR) is 152 cm³/mol. The van der Waals surface area contributed by atoms with Crippen LogP contribution in [0.25, 0.3) is 5.69 Å². The van der Waals surface area contributed by atoms with Crippen LogP contribution in [0, 0.1) is 0 Å². The van der Waals surface area contributed by atoms with Crippen molar-refractivity contribution in [2.24, 2.45) is 0 Å². The first-order chi connectivity index (χ1) is 19.4. The molecule has 0 atom stereocenters. The molecule has 0 radical (unpaired) electrons. The van der Waals surface area contributed by atoms with E-state index < -0.39 is 11.6 Å². The molecule has 3 heterocycles. The summed E-state index contributed by atoms with van der Waals surface area (Å²) in [5, 5.41) is 14.1. The maximum Gasteiger partial charge on any atom is 0.415 e. The zero-order valence-corrected chi connectivity index (χ0v) is 22.8. The Morgan fingerprint density at radius 2 is 1.82 bits per heavy atom. The summed E-state index contributed by atoms with van der Waals surface area (Å²) in [4.78, 5) is 27.9. The summed E-state index contributed by atoms with van der Waals surface area (Å²) in [6.07, 6.45) is 9.81. The van der Waals surface area contributed by atoms with Gasteiger partial charge in [-0.25, -0.2) is 14.3 Å². The molecule has 0 bridgehead atoms. The van der Waals surface area contributed by atoms with Gasteiger partial charge in [-0.3, -0.25) is 9.80 Å². The fraction of sp³-hybridized carbons (Fsp3) is 0.323. The van der Waals surface area contributed by atoms with Gasteiger partial charge in [0.15, 0.2) is 0 Å². The first-order valence-electron chi connectivity index (χ1n) is 13.5. The molecule has 0 unspecified atom stereocenters. The number of anilines is 1. The molecule has 2 saturated heterocycles. The number of nitrogens with zero attached hydrogens (tertiary/aromatic N) is 4. The first-order valence-corrected chi connectivity index (χ1v) is 13.5. The van der Waals surface area contributed by atoms with Gasteiger partial charge < -0.3 is 14.6 Å². The van der Waals surface area contributed by atoms with Gasteiger partial charge in [0, 0.05) is 56.3 Å². The summed E-state index contributed by atoms with van der Waals surface area (Å²) in [6, 6.07) is 16.4. The van der Waals surface area contributed by atoms with Gasteiger partial charge >= 0.3 is 12.1 Å². The number of amides is 1. The molecule has 0 aliphatic carbocycles. The molecular weight excluding hydrogens is 508 g/mol. The summed E-state index contributed by atoms with van der Waals surface area (Å²) in [7, 11) is 1.66. The normalized spacial score (nSPS) is 17.5. The Labute approximate surface area is 233 Å². The average molecular weight is 543 g/mol. The van der Waals surface area contributed by atoms with Crippen molar-refractivity contribution in [3.63, 3.8) is 0 Å². The van der Waals surface area contributed by atoms with Gasteiger partial charge in [0.1, 0.15) is 11.4 Å². The van der Waals surface area contributed by atoms with Crippen molar-refractivity contribution in [1.82, 2.24) is 14.7 Å². The Morgan fingerprint density at radius 3 is 2.48 bits per heavy atom. The molecule has 40 heavy (non-hydrogen) atoms. The molecule has 3 aromatic rings. The van der Waals surface area contributed by atoms with Crippen molar-refractivity contribution in [3.05, 3.63) is 102 Å². The van der Waals surface area contributed by atoms with Crippen LogP contribution < -0.4 is 4.90 Å². The molecule has 2 aromatic carbocycles. The number of methoxy groups -OCH3 is 1. The van der Waals surface area contributed by atoms with Crippen LogP contribution in [0.4, 0.5) is 10.5 Å². The third kappa shape index (κ3) is 5.94. The second-order valence-electron chi connectivity index (χ2n) is 10.1. The van der Waals surface area contributed by atoms with Crippen molar-refractivity contribution >= 4 is 17.7 Å². The Bertz CT molecular complexity index is 1400. The first kappa shape index (κ1) is 27.2. The Kier molecular flexibility index (Phi) is 8.02. The minimum absolute atomic E-state index is 0.186. The van der Waals surface area contributed by atoms with Crippen molar-refractivity contribution in [3.8, 4) is 5.69 Å². The van der Waals surface area contributed by atoms with Gasteiger partial charge in [0.2, 0.25) is 0 Å². The monoisotopic (exact) mass is 542 g/mol. The van der Waals surface area contributed by atoms with Crippen molar-refractivity contribution < 1.29 is 24.2 Å². The smallest absolute Gasteiger partial charge is 0.415 e. The Hall–Kier alpha value is -4.37. The molecule has 9 nitrogen and oxygen atoms in total. The van der Waals surface area contributed by atoms with Crippen molar-refractivity contribution in [2.75, 3.05) is 31.6 Å².